The van der Waals surface area contributed by atoms with Crippen LogP contribution >= 0.6 is 27.7 Å². The van der Waals surface area contributed by atoms with Gasteiger partial charge in [-0.05, 0) is 24.1 Å². The minimum absolute atomic E-state index is 0.671. The van der Waals surface area contributed by atoms with Gasteiger partial charge in [0.25, 0.3) is 0 Å². The van der Waals surface area contributed by atoms with Gasteiger partial charge in [-0.2, -0.15) is 0 Å². The molecule has 1 N–H and O–H groups in total. The molecule has 16 heavy (non-hydrogen) atoms. The number of thioether (sulfide) groups is 1. The van der Waals surface area contributed by atoms with Crippen LogP contribution in [0.4, 0.5) is 0 Å². The third-order valence-corrected chi connectivity index (χ3v) is 4.31. The summed E-state index contributed by atoms with van der Waals surface area (Å²) in [4.78, 5) is 4.48. The second-order valence-corrected chi connectivity index (χ2v) is 5.98. The van der Waals surface area contributed by atoms with E-state index >= 15 is 0 Å². The molecule has 1 aliphatic heterocycles. The lowest BCUT2D eigenvalue weighted by molar-refractivity contribution is 0.839. The van der Waals surface area contributed by atoms with Gasteiger partial charge in [-0.3, -0.25) is 4.99 Å². The Morgan fingerprint density at radius 2 is 2.44 bits per heavy atom. The number of nitrogens with zero attached hydrogens (tertiary/aromatic N) is 1. The van der Waals surface area contributed by atoms with E-state index in [1.165, 1.54) is 12.0 Å². The Morgan fingerprint density at radius 3 is 3.12 bits per heavy atom. The van der Waals surface area contributed by atoms with Crippen LogP contribution in [0.5, 0.6) is 0 Å². The lowest BCUT2D eigenvalue weighted by atomic mass is 10.2. The highest BCUT2D eigenvalue weighted by molar-refractivity contribution is 9.10. The van der Waals surface area contributed by atoms with Crippen LogP contribution in [0.25, 0.3) is 0 Å². The smallest absolute Gasteiger partial charge is 0.157 e. The average molecular weight is 299 g/mol. The fraction of sp³-hybridized carbons (Fsp3) is 0.417. The molecule has 1 unspecified atom stereocenters. The summed E-state index contributed by atoms with van der Waals surface area (Å²) in [5.41, 5.74) is 1.28. The SMILES string of the molecule is CCC1CN=C(NCc2cccc(Br)c2)S1. The number of hydrogen-bond donors (Lipinski definition) is 1. The first-order valence-corrected chi connectivity index (χ1v) is 7.14. The van der Waals surface area contributed by atoms with Crippen molar-refractivity contribution < 1.29 is 0 Å². The number of halogens is 1. The monoisotopic (exact) mass is 298 g/mol. The van der Waals surface area contributed by atoms with Crippen molar-refractivity contribution in [1.29, 1.82) is 0 Å². The normalized spacial score (nSPS) is 19.6. The Hall–Kier alpha value is -0.480. The molecule has 1 aromatic carbocycles. The van der Waals surface area contributed by atoms with Crippen LogP contribution in [0.2, 0.25) is 0 Å². The maximum Gasteiger partial charge on any atom is 0.157 e. The minimum atomic E-state index is 0.671. The van der Waals surface area contributed by atoms with E-state index in [1.807, 2.05) is 17.8 Å². The van der Waals surface area contributed by atoms with Gasteiger partial charge >= 0.3 is 0 Å². The van der Waals surface area contributed by atoms with Crippen LogP contribution in [-0.2, 0) is 6.54 Å². The van der Waals surface area contributed by atoms with E-state index in [-0.39, 0.29) is 0 Å². The van der Waals surface area contributed by atoms with Crippen LogP contribution in [0.3, 0.4) is 0 Å². The van der Waals surface area contributed by atoms with Crippen LogP contribution in [0, 0.1) is 0 Å². The van der Waals surface area contributed by atoms with Crippen molar-refractivity contribution in [2.24, 2.45) is 4.99 Å². The Balaban J connectivity index is 1.84. The van der Waals surface area contributed by atoms with Crippen molar-refractivity contribution in [2.75, 3.05) is 6.54 Å². The first-order valence-electron chi connectivity index (χ1n) is 5.47. The summed E-state index contributed by atoms with van der Waals surface area (Å²) in [5.74, 6) is 0. The third-order valence-electron chi connectivity index (χ3n) is 2.50. The van der Waals surface area contributed by atoms with Gasteiger partial charge in [0, 0.05) is 16.3 Å². The lowest BCUT2D eigenvalue weighted by Gasteiger charge is -2.07. The summed E-state index contributed by atoms with van der Waals surface area (Å²) in [6.07, 6.45) is 1.19. The zero-order valence-corrected chi connectivity index (χ0v) is 11.6. The van der Waals surface area contributed by atoms with E-state index in [2.05, 4.69) is 51.4 Å². The standard InChI is InChI=1S/C12H15BrN2S/c1-2-11-8-15-12(16-11)14-7-9-4-3-5-10(13)6-9/h3-6,11H,2,7-8H2,1H3,(H,14,15). The maximum absolute atomic E-state index is 4.48. The Labute approximate surface area is 109 Å². The molecular formula is C12H15BrN2S. The van der Waals surface area contributed by atoms with Crippen LogP contribution in [-0.4, -0.2) is 17.0 Å². The largest absolute Gasteiger partial charge is 0.361 e. The first kappa shape index (κ1) is 12.0. The Bertz CT molecular complexity index is 392. The molecule has 2 nitrogen and oxygen atoms in total. The van der Waals surface area contributed by atoms with Crippen molar-refractivity contribution >= 4 is 32.9 Å². The summed E-state index contributed by atoms with van der Waals surface area (Å²) in [5, 5.41) is 5.14. The fourth-order valence-electron chi connectivity index (χ4n) is 1.55. The first-order chi connectivity index (χ1) is 7.78. The molecule has 2 rings (SSSR count). The van der Waals surface area contributed by atoms with Crippen molar-refractivity contribution in [2.45, 2.75) is 25.1 Å². The molecule has 0 spiro atoms. The van der Waals surface area contributed by atoms with E-state index in [0.29, 0.717) is 5.25 Å². The molecule has 0 bridgehead atoms. The van der Waals surface area contributed by atoms with Crippen LogP contribution < -0.4 is 5.32 Å². The number of nitrogens with one attached hydrogen (secondary N) is 1. The second-order valence-electron chi connectivity index (χ2n) is 3.78. The van der Waals surface area contributed by atoms with Crippen molar-refractivity contribution in [3.05, 3.63) is 34.3 Å². The molecule has 1 aromatic rings. The molecule has 0 radical (unpaired) electrons. The molecule has 4 heteroatoms. The highest BCUT2D eigenvalue weighted by atomic mass is 79.9. The van der Waals surface area contributed by atoms with Gasteiger partial charge in [0.05, 0.1) is 6.54 Å². The number of aliphatic imine (C=N–C) groups is 1. The van der Waals surface area contributed by atoms with Gasteiger partial charge in [-0.15, -0.1) is 0 Å². The fourth-order valence-corrected chi connectivity index (χ4v) is 2.93. The van der Waals surface area contributed by atoms with Gasteiger partial charge in [0.15, 0.2) is 5.17 Å². The predicted molar refractivity (Wildman–Crippen MR) is 75.0 cm³/mol. The van der Waals surface area contributed by atoms with Gasteiger partial charge in [-0.25, -0.2) is 0 Å². The summed E-state index contributed by atoms with van der Waals surface area (Å²) in [7, 11) is 0. The molecule has 0 amide bonds. The van der Waals surface area contributed by atoms with E-state index < -0.39 is 0 Å². The number of hydrogen-bond acceptors (Lipinski definition) is 3. The number of amidine groups is 1. The summed E-state index contributed by atoms with van der Waals surface area (Å²) >= 11 is 5.33. The van der Waals surface area contributed by atoms with E-state index in [1.54, 1.807) is 0 Å². The molecule has 1 atom stereocenters. The van der Waals surface area contributed by atoms with Gasteiger partial charge in [-0.1, -0.05) is 46.7 Å². The number of benzene rings is 1. The summed E-state index contributed by atoms with van der Waals surface area (Å²) in [6.45, 7) is 4.02. The molecule has 1 aliphatic rings. The molecule has 0 saturated carbocycles. The average Bonchev–Trinajstić information content (AvgIpc) is 2.74. The Morgan fingerprint density at radius 1 is 1.56 bits per heavy atom. The Kier molecular flexibility index (Phi) is 4.29. The molecule has 86 valence electrons. The zero-order valence-electron chi connectivity index (χ0n) is 9.24. The quantitative estimate of drug-likeness (QED) is 0.925. The van der Waals surface area contributed by atoms with Crippen molar-refractivity contribution in [3.63, 3.8) is 0 Å². The van der Waals surface area contributed by atoms with Gasteiger partial charge < -0.3 is 5.32 Å². The minimum Gasteiger partial charge on any atom is -0.361 e. The molecule has 0 fully saturated rings. The molecule has 1 heterocycles. The highest BCUT2D eigenvalue weighted by Gasteiger charge is 2.16. The second kappa shape index (κ2) is 5.73. The lowest BCUT2D eigenvalue weighted by Crippen LogP contribution is -2.18. The zero-order chi connectivity index (χ0) is 11.4. The molecule has 0 aromatic heterocycles. The van der Waals surface area contributed by atoms with Gasteiger partial charge in [0.2, 0.25) is 0 Å². The third kappa shape index (κ3) is 3.25. The van der Waals surface area contributed by atoms with Crippen molar-refractivity contribution in [3.8, 4) is 0 Å². The van der Waals surface area contributed by atoms with Gasteiger partial charge in [0.1, 0.15) is 0 Å². The van der Waals surface area contributed by atoms with E-state index in [9.17, 15) is 0 Å². The molecular weight excluding hydrogens is 284 g/mol. The van der Waals surface area contributed by atoms with Crippen LogP contribution in [0.15, 0.2) is 33.7 Å². The van der Waals surface area contributed by atoms with Crippen LogP contribution in [0.1, 0.15) is 18.9 Å². The maximum atomic E-state index is 4.48. The summed E-state index contributed by atoms with van der Waals surface area (Å²) < 4.78 is 1.12. The van der Waals surface area contributed by atoms with E-state index in [0.717, 1.165) is 22.7 Å². The topological polar surface area (TPSA) is 24.4 Å². The molecule has 0 aliphatic carbocycles. The summed E-state index contributed by atoms with van der Waals surface area (Å²) in [6, 6.07) is 8.34. The predicted octanol–water partition coefficient (Wildman–Crippen LogP) is 3.42. The highest BCUT2D eigenvalue weighted by Crippen LogP contribution is 2.22. The van der Waals surface area contributed by atoms with Crippen molar-refractivity contribution in [1.82, 2.24) is 5.32 Å². The number of rotatable bonds is 3. The molecule has 0 saturated heterocycles. The van der Waals surface area contributed by atoms with E-state index in [4.69, 9.17) is 0 Å².